The van der Waals surface area contributed by atoms with Crippen LogP contribution in [0.4, 0.5) is 5.69 Å². The van der Waals surface area contributed by atoms with Gasteiger partial charge in [-0.15, -0.1) is 0 Å². The molecule has 1 aromatic carbocycles. The summed E-state index contributed by atoms with van der Waals surface area (Å²) in [5.41, 5.74) is 0.0937. The number of ether oxygens (including phenoxy) is 1. The zero-order chi connectivity index (χ0) is 19.0. The summed E-state index contributed by atoms with van der Waals surface area (Å²) in [5, 5.41) is 10.9. The van der Waals surface area contributed by atoms with Gasteiger partial charge in [-0.25, -0.2) is 0 Å². The Morgan fingerprint density at radius 1 is 1.28 bits per heavy atom. The number of esters is 1. The van der Waals surface area contributed by atoms with Crippen LogP contribution in [0.2, 0.25) is 0 Å². The third-order valence-electron chi connectivity index (χ3n) is 3.72. The average Bonchev–Trinajstić information content (AvgIpc) is 2.59. The molecule has 0 aliphatic heterocycles. The van der Waals surface area contributed by atoms with Gasteiger partial charge in [0, 0.05) is 30.8 Å². The van der Waals surface area contributed by atoms with Gasteiger partial charge in [0.05, 0.1) is 18.0 Å². The molecule has 0 saturated heterocycles. The fraction of sp³-hybridized carbons (Fsp3) is 0.529. The van der Waals surface area contributed by atoms with E-state index in [-0.39, 0.29) is 23.7 Å². The van der Waals surface area contributed by atoms with Crippen LogP contribution in [0.25, 0.3) is 0 Å². The van der Waals surface area contributed by atoms with E-state index in [1.165, 1.54) is 31.4 Å². The number of hydrogen-bond acceptors (Lipinski definition) is 6. The average molecular weight is 351 g/mol. The molecule has 1 rings (SSSR count). The minimum absolute atomic E-state index is 0.139. The van der Waals surface area contributed by atoms with Crippen LogP contribution >= 0.6 is 0 Å². The van der Waals surface area contributed by atoms with Crippen molar-refractivity contribution in [3.05, 3.63) is 39.9 Å². The Balaban J connectivity index is 2.95. The van der Waals surface area contributed by atoms with Gasteiger partial charge in [0.2, 0.25) is 0 Å². The van der Waals surface area contributed by atoms with E-state index in [1.807, 2.05) is 19.0 Å². The summed E-state index contributed by atoms with van der Waals surface area (Å²) in [6.07, 6.45) is 0.724. The maximum atomic E-state index is 12.8. The van der Waals surface area contributed by atoms with Crippen LogP contribution < -0.4 is 0 Å². The third kappa shape index (κ3) is 6.50. The van der Waals surface area contributed by atoms with Crippen LogP contribution in [0.15, 0.2) is 24.3 Å². The van der Waals surface area contributed by atoms with Gasteiger partial charge in [0.25, 0.3) is 11.6 Å². The van der Waals surface area contributed by atoms with Gasteiger partial charge in [-0.05, 0) is 33.1 Å². The van der Waals surface area contributed by atoms with Gasteiger partial charge in [-0.3, -0.25) is 19.7 Å². The Bertz CT molecular complexity index is 618. The Hall–Kier alpha value is -2.48. The van der Waals surface area contributed by atoms with Crippen molar-refractivity contribution < 1.29 is 19.2 Å². The summed E-state index contributed by atoms with van der Waals surface area (Å²) < 4.78 is 4.72. The summed E-state index contributed by atoms with van der Waals surface area (Å²) in [4.78, 5) is 38.4. The van der Waals surface area contributed by atoms with Crippen molar-refractivity contribution in [3.63, 3.8) is 0 Å². The molecule has 0 bridgehead atoms. The molecule has 0 aliphatic carbocycles. The topological polar surface area (TPSA) is 93.0 Å². The summed E-state index contributed by atoms with van der Waals surface area (Å²) in [6, 6.07) is 5.61. The number of nitrogens with zero attached hydrogens (tertiary/aromatic N) is 3. The lowest BCUT2D eigenvalue weighted by Gasteiger charge is -2.25. The Morgan fingerprint density at radius 3 is 2.52 bits per heavy atom. The third-order valence-corrected chi connectivity index (χ3v) is 3.72. The van der Waals surface area contributed by atoms with Crippen LogP contribution in [0.1, 0.15) is 23.7 Å². The number of nitro benzene ring substituents is 1. The van der Waals surface area contributed by atoms with Crippen molar-refractivity contribution in [3.8, 4) is 0 Å². The number of carbonyl (C=O) groups is 2. The van der Waals surface area contributed by atoms with E-state index in [1.54, 1.807) is 11.8 Å². The first-order valence-electron chi connectivity index (χ1n) is 8.02. The SMILES string of the molecule is COC(=O)C(C)CN(CCCN(C)C)C(=O)c1cccc([N+](=O)[O-])c1. The van der Waals surface area contributed by atoms with Crippen LogP contribution in [0, 0.1) is 16.0 Å². The van der Waals surface area contributed by atoms with Crippen LogP contribution in [0.5, 0.6) is 0 Å². The maximum Gasteiger partial charge on any atom is 0.310 e. The lowest BCUT2D eigenvalue weighted by molar-refractivity contribution is -0.384. The zero-order valence-corrected chi connectivity index (χ0v) is 15.1. The van der Waals surface area contributed by atoms with Gasteiger partial charge in [0.15, 0.2) is 0 Å². The van der Waals surface area contributed by atoms with Gasteiger partial charge >= 0.3 is 5.97 Å². The molecular formula is C17H25N3O5. The number of benzene rings is 1. The number of rotatable bonds is 9. The summed E-state index contributed by atoms with van der Waals surface area (Å²) in [5.74, 6) is -1.21. The smallest absolute Gasteiger partial charge is 0.310 e. The number of nitro groups is 1. The maximum absolute atomic E-state index is 12.8. The van der Waals surface area contributed by atoms with Crippen LogP contribution in [0.3, 0.4) is 0 Å². The highest BCUT2D eigenvalue weighted by molar-refractivity contribution is 5.95. The standard InChI is InChI=1S/C17H25N3O5/c1-13(17(22)25-4)12-19(10-6-9-18(2)3)16(21)14-7-5-8-15(11-14)20(23)24/h5,7-8,11,13H,6,9-10,12H2,1-4H3. The van der Waals surface area contributed by atoms with E-state index in [0.717, 1.165) is 13.0 Å². The molecular weight excluding hydrogens is 326 g/mol. The molecule has 8 nitrogen and oxygen atoms in total. The number of non-ortho nitro benzene ring substituents is 1. The van der Waals surface area contributed by atoms with E-state index in [0.29, 0.717) is 6.54 Å². The van der Waals surface area contributed by atoms with Crippen molar-refractivity contribution in [2.75, 3.05) is 40.8 Å². The monoisotopic (exact) mass is 351 g/mol. The minimum Gasteiger partial charge on any atom is -0.469 e. The van der Waals surface area contributed by atoms with Crippen molar-refractivity contribution in [2.24, 2.45) is 5.92 Å². The number of methoxy groups -OCH3 is 1. The predicted octanol–water partition coefficient (Wildman–Crippen LogP) is 1.80. The van der Waals surface area contributed by atoms with Crippen LogP contribution in [-0.4, -0.2) is 67.4 Å². The molecule has 0 fully saturated rings. The number of amides is 1. The molecule has 1 unspecified atom stereocenters. The minimum atomic E-state index is -0.537. The summed E-state index contributed by atoms with van der Waals surface area (Å²) >= 11 is 0. The van der Waals surface area contributed by atoms with Crippen molar-refractivity contribution in [1.82, 2.24) is 9.80 Å². The molecule has 1 amide bonds. The zero-order valence-electron chi connectivity index (χ0n) is 15.1. The fourth-order valence-corrected chi connectivity index (χ4v) is 2.39. The lowest BCUT2D eigenvalue weighted by Crippen LogP contribution is -2.38. The van der Waals surface area contributed by atoms with Gasteiger partial charge in [-0.2, -0.15) is 0 Å². The van der Waals surface area contributed by atoms with Crippen LogP contribution in [-0.2, 0) is 9.53 Å². The highest BCUT2D eigenvalue weighted by Crippen LogP contribution is 2.16. The van der Waals surface area contributed by atoms with Crippen molar-refractivity contribution in [2.45, 2.75) is 13.3 Å². The van der Waals surface area contributed by atoms with E-state index >= 15 is 0 Å². The van der Waals surface area contributed by atoms with E-state index < -0.39 is 16.8 Å². The molecule has 0 spiro atoms. The first-order chi connectivity index (χ1) is 11.8. The Labute approximate surface area is 147 Å². The van der Waals surface area contributed by atoms with Crippen molar-refractivity contribution >= 4 is 17.6 Å². The molecule has 138 valence electrons. The highest BCUT2D eigenvalue weighted by Gasteiger charge is 2.23. The summed E-state index contributed by atoms with van der Waals surface area (Å²) in [7, 11) is 5.17. The van der Waals surface area contributed by atoms with Gasteiger partial charge < -0.3 is 14.5 Å². The number of carbonyl (C=O) groups excluding carboxylic acids is 2. The molecule has 0 aromatic heterocycles. The normalized spacial score (nSPS) is 11.9. The largest absolute Gasteiger partial charge is 0.469 e. The Morgan fingerprint density at radius 2 is 1.96 bits per heavy atom. The Kier molecular flexibility index (Phi) is 8.00. The molecule has 0 saturated carbocycles. The molecule has 0 aliphatic rings. The molecule has 0 radical (unpaired) electrons. The molecule has 1 aromatic rings. The summed E-state index contributed by atoms with van der Waals surface area (Å²) in [6.45, 7) is 3.11. The second-order valence-electron chi connectivity index (χ2n) is 6.14. The lowest BCUT2D eigenvalue weighted by atomic mass is 10.1. The predicted molar refractivity (Wildman–Crippen MR) is 93.4 cm³/mol. The molecule has 1 atom stereocenters. The van der Waals surface area contributed by atoms with Gasteiger partial charge in [0.1, 0.15) is 0 Å². The van der Waals surface area contributed by atoms with Crippen molar-refractivity contribution in [1.29, 1.82) is 0 Å². The fourth-order valence-electron chi connectivity index (χ4n) is 2.39. The quantitative estimate of drug-likeness (QED) is 0.383. The van der Waals surface area contributed by atoms with E-state index in [4.69, 9.17) is 4.74 Å². The van der Waals surface area contributed by atoms with E-state index in [2.05, 4.69) is 0 Å². The second kappa shape index (κ2) is 9.73. The van der Waals surface area contributed by atoms with E-state index in [9.17, 15) is 19.7 Å². The first kappa shape index (κ1) is 20.6. The molecule has 25 heavy (non-hydrogen) atoms. The van der Waals surface area contributed by atoms with Gasteiger partial charge in [-0.1, -0.05) is 13.0 Å². The molecule has 0 heterocycles. The number of hydrogen-bond donors (Lipinski definition) is 0. The molecule has 0 N–H and O–H groups in total. The molecule has 8 heteroatoms. The first-order valence-corrected chi connectivity index (χ1v) is 8.02. The highest BCUT2D eigenvalue weighted by atomic mass is 16.6. The second-order valence-corrected chi connectivity index (χ2v) is 6.14.